The van der Waals surface area contributed by atoms with Crippen molar-refractivity contribution in [1.82, 2.24) is 9.78 Å². The van der Waals surface area contributed by atoms with Crippen molar-refractivity contribution in [3.8, 4) is 11.1 Å². The lowest BCUT2D eigenvalue weighted by molar-refractivity contribution is -0.114. The Labute approximate surface area is 133 Å². The van der Waals surface area contributed by atoms with Crippen LogP contribution in [0.2, 0.25) is 0 Å². The van der Waals surface area contributed by atoms with Gasteiger partial charge in [-0.1, -0.05) is 36.4 Å². The van der Waals surface area contributed by atoms with Gasteiger partial charge in [0.05, 0.1) is 5.52 Å². The van der Waals surface area contributed by atoms with E-state index in [2.05, 4.69) is 18.9 Å². The summed E-state index contributed by atoms with van der Waals surface area (Å²) in [4.78, 5) is 22.5. The van der Waals surface area contributed by atoms with Crippen molar-refractivity contribution in [3.05, 3.63) is 54.2 Å². The molecule has 0 bridgehead atoms. The minimum absolute atomic E-state index is 0.298. The SMILES string of the molecule is CC(C)n1cc2ccc(-c3ccc(C(=O)C(N)=O)cc3)cc2n1. The van der Waals surface area contributed by atoms with Crippen molar-refractivity contribution < 1.29 is 9.59 Å². The highest BCUT2D eigenvalue weighted by atomic mass is 16.2. The molecule has 0 radical (unpaired) electrons. The van der Waals surface area contributed by atoms with Crippen LogP contribution in [-0.2, 0) is 4.79 Å². The summed E-state index contributed by atoms with van der Waals surface area (Å²) in [5, 5.41) is 5.65. The first-order chi connectivity index (χ1) is 11.0. The number of carbonyl (C=O) groups excluding carboxylic acids is 2. The third-order valence-corrected chi connectivity index (χ3v) is 3.76. The molecule has 0 saturated carbocycles. The van der Waals surface area contributed by atoms with E-state index in [4.69, 9.17) is 5.73 Å². The third kappa shape index (κ3) is 2.85. The van der Waals surface area contributed by atoms with Crippen LogP contribution in [0, 0.1) is 0 Å². The Morgan fingerprint density at radius 1 is 1.04 bits per heavy atom. The Morgan fingerprint density at radius 2 is 1.70 bits per heavy atom. The Balaban J connectivity index is 1.96. The molecule has 0 aliphatic heterocycles. The number of Topliss-reactive ketones (excluding diaryl/α,β-unsaturated/α-hetero) is 1. The van der Waals surface area contributed by atoms with Gasteiger partial charge in [0, 0.05) is 23.2 Å². The number of rotatable bonds is 4. The van der Waals surface area contributed by atoms with Gasteiger partial charge >= 0.3 is 0 Å². The number of nitrogens with two attached hydrogens (primary N) is 1. The minimum Gasteiger partial charge on any atom is -0.363 e. The molecule has 1 amide bonds. The minimum atomic E-state index is -0.946. The van der Waals surface area contributed by atoms with Gasteiger partial charge < -0.3 is 5.73 Å². The summed E-state index contributed by atoms with van der Waals surface area (Å²) >= 11 is 0. The number of carbonyl (C=O) groups is 2. The van der Waals surface area contributed by atoms with Crippen LogP contribution in [-0.4, -0.2) is 21.5 Å². The van der Waals surface area contributed by atoms with E-state index in [9.17, 15) is 9.59 Å². The van der Waals surface area contributed by atoms with Gasteiger partial charge in [-0.25, -0.2) is 0 Å². The zero-order valence-corrected chi connectivity index (χ0v) is 13.0. The van der Waals surface area contributed by atoms with E-state index in [0.29, 0.717) is 11.6 Å². The fourth-order valence-electron chi connectivity index (χ4n) is 2.44. The molecule has 0 fully saturated rings. The van der Waals surface area contributed by atoms with Crippen molar-refractivity contribution >= 4 is 22.6 Å². The van der Waals surface area contributed by atoms with Crippen LogP contribution < -0.4 is 5.73 Å². The van der Waals surface area contributed by atoms with Gasteiger partial charge in [0.1, 0.15) is 0 Å². The number of fused-ring (bicyclic) bond motifs is 1. The lowest BCUT2D eigenvalue weighted by atomic mass is 10.0. The van der Waals surface area contributed by atoms with Gasteiger partial charge in [0.2, 0.25) is 5.78 Å². The second kappa shape index (κ2) is 5.68. The molecular formula is C18H17N3O2. The molecule has 0 unspecified atom stereocenters. The van der Waals surface area contributed by atoms with Gasteiger partial charge in [-0.3, -0.25) is 14.3 Å². The first-order valence-electron chi connectivity index (χ1n) is 7.39. The fourth-order valence-corrected chi connectivity index (χ4v) is 2.44. The van der Waals surface area contributed by atoms with E-state index in [0.717, 1.165) is 22.0 Å². The predicted octanol–water partition coefficient (Wildman–Crippen LogP) is 2.95. The number of aromatic nitrogens is 2. The number of hydrogen-bond acceptors (Lipinski definition) is 3. The summed E-state index contributed by atoms with van der Waals surface area (Å²) in [5.74, 6) is -1.62. The summed E-state index contributed by atoms with van der Waals surface area (Å²) in [5.41, 5.74) is 8.18. The molecule has 23 heavy (non-hydrogen) atoms. The first-order valence-corrected chi connectivity index (χ1v) is 7.39. The molecule has 1 heterocycles. The fraction of sp³-hybridized carbons (Fsp3) is 0.167. The largest absolute Gasteiger partial charge is 0.363 e. The van der Waals surface area contributed by atoms with Gasteiger partial charge in [0.25, 0.3) is 5.91 Å². The highest BCUT2D eigenvalue weighted by Crippen LogP contribution is 2.25. The molecule has 0 aliphatic carbocycles. The smallest absolute Gasteiger partial charge is 0.289 e. The topological polar surface area (TPSA) is 78.0 Å². The summed E-state index contributed by atoms with van der Waals surface area (Å²) < 4.78 is 1.93. The summed E-state index contributed by atoms with van der Waals surface area (Å²) in [6, 6.07) is 13.2. The molecule has 5 nitrogen and oxygen atoms in total. The lowest BCUT2D eigenvalue weighted by Crippen LogP contribution is -2.22. The summed E-state index contributed by atoms with van der Waals surface area (Å²) in [7, 11) is 0. The standard InChI is InChI=1S/C18H17N3O2/c1-11(2)21-10-15-8-7-14(9-16(15)20-21)12-3-5-13(6-4-12)17(22)18(19)23/h3-11H,1-2H3,(H2,19,23). The molecule has 0 spiro atoms. The Bertz CT molecular complexity index is 892. The van der Waals surface area contributed by atoms with Crippen LogP contribution >= 0.6 is 0 Å². The average Bonchev–Trinajstić information content (AvgIpc) is 2.97. The quantitative estimate of drug-likeness (QED) is 0.594. The highest BCUT2D eigenvalue weighted by Gasteiger charge is 2.12. The number of ketones is 1. The summed E-state index contributed by atoms with van der Waals surface area (Å²) in [6.07, 6.45) is 2.03. The maximum atomic E-state index is 11.5. The molecule has 5 heteroatoms. The molecule has 3 rings (SSSR count). The average molecular weight is 307 g/mol. The van der Waals surface area contributed by atoms with E-state index in [1.807, 2.05) is 29.1 Å². The number of amides is 1. The number of hydrogen-bond donors (Lipinski definition) is 1. The van der Waals surface area contributed by atoms with E-state index < -0.39 is 11.7 Å². The Morgan fingerprint density at radius 3 is 2.30 bits per heavy atom. The second-order valence-electron chi connectivity index (χ2n) is 5.75. The van der Waals surface area contributed by atoms with Crippen LogP contribution in [0.3, 0.4) is 0 Å². The number of primary amides is 1. The van der Waals surface area contributed by atoms with Gasteiger partial charge in [0.15, 0.2) is 0 Å². The van der Waals surface area contributed by atoms with Gasteiger partial charge in [-0.2, -0.15) is 5.10 Å². The predicted molar refractivity (Wildman–Crippen MR) is 89.1 cm³/mol. The van der Waals surface area contributed by atoms with Crippen LogP contribution in [0.1, 0.15) is 30.2 Å². The van der Waals surface area contributed by atoms with Gasteiger partial charge in [-0.15, -0.1) is 0 Å². The van der Waals surface area contributed by atoms with E-state index >= 15 is 0 Å². The van der Waals surface area contributed by atoms with E-state index in [-0.39, 0.29) is 0 Å². The Kier molecular flexibility index (Phi) is 3.70. The number of nitrogens with zero attached hydrogens (tertiary/aromatic N) is 2. The zero-order valence-electron chi connectivity index (χ0n) is 13.0. The Hall–Kier alpha value is -2.95. The molecule has 1 aromatic heterocycles. The summed E-state index contributed by atoms with van der Waals surface area (Å²) in [6.45, 7) is 4.17. The first kappa shape index (κ1) is 15.0. The van der Waals surface area contributed by atoms with Crippen molar-refractivity contribution in [2.24, 2.45) is 5.73 Å². The molecule has 116 valence electrons. The van der Waals surface area contributed by atoms with E-state index in [1.54, 1.807) is 24.3 Å². The maximum Gasteiger partial charge on any atom is 0.289 e. The van der Waals surface area contributed by atoms with Crippen LogP contribution in [0.4, 0.5) is 0 Å². The molecular weight excluding hydrogens is 290 g/mol. The molecule has 0 aliphatic rings. The van der Waals surface area contributed by atoms with Crippen LogP contribution in [0.5, 0.6) is 0 Å². The molecule has 2 aromatic carbocycles. The zero-order chi connectivity index (χ0) is 16.6. The van der Waals surface area contributed by atoms with Crippen molar-refractivity contribution in [1.29, 1.82) is 0 Å². The molecule has 3 aromatic rings. The van der Waals surface area contributed by atoms with Crippen molar-refractivity contribution in [2.45, 2.75) is 19.9 Å². The third-order valence-electron chi connectivity index (χ3n) is 3.76. The van der Waals surface area contributed by atoms with E-state index in [1.165, 1.54) is 0 Å². The number of benzene rings is 2. The van der Waals surface area contributed by atoms with Crippen molar-refractivity contribution in [3.63, 3.8) is 0 Å². The van der Waals surface area contributed by atoms with Crippen LogP contribution in [0.15, 0.2) is 48.7 Å². The second-order valence-corrected chi connectivity index (χ2v) is 5.75. The van der Waals surface area contributed by atoms with Gasteiger partial charge in [-0.05, 0) is 31.0 Å². The molecule has 0 atom stereocenters. The molecule has 2 N–H and O–H groups in total. The lowest BCUT2D eigenvalue weighted by Gasteiger charge is -2.03. The van der Waals surface area contributed by atoms with Crippen LogP contribution in [0.25, 0.3) is 22.0 Å². The maximum absolute atomic E-state index is 11.5. The highest BCUT2D eigenvalue weighted by molar-refractivity contribution is 6.42. The van der Waals surface area contributed by atoms with Crippen molar-refractivity contribution in [2.75, 3.05) is 0 Å². The normalized spacial score (nSPS) is 11.1. The monoisotopic (exact) mass is 307 g/mol. The molecule has 0 saturated heterocycles.